The van der Waals surface area contributed by atoms with E-state index in [4.69, 9.17) is 0 Å². The van der Waals surface area contributed by atoms with Crippen molar-refractivity contribution in [3.63, 3.8) is 0 Å². The number of rotatable bonds is 7. The van der Waals surface area contributed by atoms with Gasteiger partial charge in [-0.2, -0.15) is 0 Å². The molecule has 3 atom stereocenters. The first-order valence-corrected chi connectivity index (χ1v) is 21.1. The maximum atomic E-state index is 16.2. The van der Waals surface area contributed by atoms with Crippen molar-refractivity contribution in [2.75, 3.05) is 37.6 Å². The summed E-state index contributed by atoms with van der Waals surface area (Å²) in [6.45, 7) is 5.79. The molecule has 0 saturated carbocycles. The molecule has 9 rings (SSSR count). The normalized spacial score (nSPS) is 24.5. The van der Waals surface area contributed by atoms with Crippen LogP contribution in [-0.2, 0) is 40.4 Å². The minimum absolute atomic E-state index is 0.00735. The fourth-order valence-electron chi connectivity index (χ4n) is 10.7. The number of hydrogen-bond acceptors (Lipinski definition) is 8. The average Bonchev–Trinajstić information content (AvgIpc) is 3.76. The third-order valence-corrected chi connectivity index (χ3v) is 13.7. The number of piperidine rings is 3. The number of likely N-dealkylation sites (tertiary alicyclic amines) is 1. The first kappa shape index (κ1) is 40.4. The van der Waals surface area contributed by atoms with Gasteiger partial charge in [0.15, 0.2) is 0 Å². The Balaban J connectivity index is 0.796. The number of anilines is 1. The van der Waals surface area contributed by atoms with Crippen LogP contribution in [0.3, 0.4) is 0 Å². The summed E-state index contributed by atoms with van der Waals surface area (Å²) in [4.78, 5) is 60.5. The molecule has 0 bridgehead atoms. The van der Waals surface area contributed by atoms with E-state index in [-0.39, 0.29) is 47.4 Å². The molecule has 2 N–H and O–H groups in total. The molecule has 4 amide bonds. The molecule has 3 aromatic rings. The van der Waals surface area contributed by atoms with Crippen LogP contribution in [0, 0.1) is 17.6 Å². The number of benzene rings is 3. The fourth-order valence-corrected chi connectivity index (χ4v) is 10.7. The van der Waals surface area contributed by atoms with Gasteiger partial charge in [-0.15, -0.1) is 0 Å². The molecule has 3 fully saturated rings. The third-order valence-electron chi connectivity index (χ3n) is 13.7. The topological polar surface area (TPSA) is 117 Å². The summed E-state index contributed by atoms with van der Waals surface area (Å²) in [6.07, 6.45) is 3.88. The zero-order valence-corrected chi connectivity index (χ0v) is 33.9. The molecular weight excluding hydrogens is 781 g/mol. The zero-order valence-electron chi connectivity index (χ0n) is 33.9. The molecule has 3 aromatic carbocycles. The molecule has 6 heterocycles. The van der Waals surface area contributed by atoms with Gasteiger partial charge in [0.1, 0.15) is 23.4 Å². The van der Waals surface area contributed by atoms with Crippen LogP contribution in [0.1, 0.15) is 102 Å². The number of carbonyl (C=O) groups is 4. The number of hydrogen-bond donors (Lipinski definition) is 2. The van der Waals surface area contributed by atoms with Crippen LogP contribution in [-0.4, -0.2) is 105 Å². The Bertz CT molecular complexity index is 2230. The number of phenols is 1. The zero-order chi connectivity index (χ0) is 42.2. The second kappa shape index (κ2) is 15.5. The minimum Gasteiger partial charge on any atom is -0.508 e. The summed E-state index contributed by atoms with van der Waals surface area (Å²) < 4.78 is 61.2. The van der Waals surface area contributed by atoms with Gasteiger partial charge in [0.25, 0.3) is 11.8 Å². The van der Waals surface area contributed by atoms with E-state index in [1.807, 2.05) is 21.9 Å². The van der Waals surface area contributed by atoms with Gasteiger partial charge in [-0.25, -0.2) is 17.6 Å². The number of imide groups is 1. The molecule has 60 heavy (non-hydrogen) atoms. The lowest BCUT2D eigenvalue weighted by Crippen LogP contribution is -2.52. The molecule has 1 unspecified atom stereocenters. The summed E-state index contributed by atoms with van der Waals surface area (Å²) in [6, 6.07) is 9.07. The largest absolute Gasteiger partial charge is 0.508 e. The highest BCUT2D eigenvalue weighted by Crippen LogP contribution is 2.43. The van der Waals surface area contributed by atoms with Crippen LogP contribution in [0.5, 0.6) is 5.75 Å². The van der Waals surface area contributed by atoms with Crippen molar-refractivity contribution < 1.29 is 41.8 Å². The first-order chi connectivity index (χ1) is 28.6. The predicted molar refractivity (Wildman–Crippen MR) is 213 cm³/mol. The lowest BCUT2D eigenvalue weighted by Gasteiger charge is -2.44. The third kappa shape index (κ3) is 7.52. The summed E-state index contributed by atoms with van der Waals surface area (Å²) >= 11 is 0. The summed E-state index contributed by atoms with van der Waals surface area (Å²) in [5.74, 6) is -5.67. The highest BCUT2D eigenvalue weighted by Gasteiger charge is 2.43. The Morgan fingerprint density at radius 3 is 2.20 bits per heavy atom. The van der Waals surface area contributed by atoms with Gasteiger partial charge in [0, 0.05) is 80.9 Å². The summed E-state index contributed by atoms with van der Waals surface area (Å²) in [5.41, 5.74) is 4.65. The number of aromatic hydroxyl groups is 1. The highest BCUT2D eigenvalue weighted by molar-refractivity contribution is 6.05. The Morgan fingerprint density at radius 2 is 1.53 bits per heavy atom. The Hall–Kier alpha value is -5.02. The van der Waals surface area contributed by atoms with Crippen molar-refractivity contribution in [1.82, 2.24) is 24.9 Å². The van der Waals surface area contributed by atoms with Gasteiger partial charge in [-0.1, -0.05) is 12.1 Å². The number of phenolic OH excluding ortho intramolecular Hbond substituents is 1. The van der Waals surface area contributed by atoms with E-state index in [1.165, 1.54) is 23.1 Å². The number of nitrogens with one attached hydrogen (secondary N) is 1. The van der Waals surface area contributed by atoms with Gasteiger partial charge >= 0.3 is 0 Å². The maximum Gasteiger partial charge on any atom is 0.257 e. The number of amides is 4. The molecule has 0 spiro atoms. The lowest BCUT2D eigenvalue weighted by atomic mass is 9.84. The lowest BCUT2D eigenvalue weighted by molar-refractivity contribution is -0.138. The van der Waals surface area contributed by atoms with Crippen molar-refractivity contribution in [2.24, 2.45) is 5.92 Å². The van der Waals surface area contributed by atoms with E-state index < -0.39 is 48.1 Å². The molecule has 318 valence electrons. The van der Waals surface area contributed by atoms with Crippen LogP contribution in [0.4, 0.5) is 23.2 Å². The van der Waals surface area contributed by atoms with Gasteiger partial charge in [0.05, 0.1) is 12.6 Å². The van der Waals surface area contributed by atoms with Crippen molar-refractivity contribution in [1.29, 1.82) is 0 Å². The molecule has 3 saturated heterocycles. The molecule has 15 heteroatoms. The van der Waals surface area contributed by atoms with E-state index in [1.54, 1.807) is 24.0 Å². The Labute approximate surface area is 346 Å². The van der Waals surface area contributed by atoms with Crippen LogP contribution < -0.4 is 10.2 Å². The van der Waals surface area contributed by atoms with Crippen LogP contribution in [0.15, 0.2) is 42.5 Å². The molecule has 0 radical (unpaired) electrons. The molecule has 0 aromatic heterocycles. The van der Waals surface area contributed by atoms with Gasteiger partial charge in [0.2, 0.25) is 17.7 Å². The SMILES string of the molecule is C[C@@H]1Cc2cc(O)ccc2[C@@H](c2c(F)cc(N3CCC(N4CCC(C(=O)N5Cc6cc7c(cc6C5)C(=O)N(C5CCC(=O)NC5=O)C7)CC4)CC3)cc2F)N1CC(C)(F)F. The fraction of sp³-hybridized carbons (Fsp3) is 0.511. The standard InChI is InChI=1S/C45H50F4N6O5/c1-25-15-27-17-33(56)3-4-34(27)41(55(25)24-45(2,48)49)40-36(46)19-32(20-37(40)47)52-13-9-31(10-14-52)51-11-7-26(8-12-51)43(59)53-21-28-16-30-23-54(38-5-6-39(57)50-42(38)58)44(60)35(30)18-29(28)22-53/h3-4,16-20,25-26,31,38,41,56H,5-15,21-24H2,1-2H3,(H,50,57,58)/t25-,38?,41+/m1/s1. The quantitative estimate of drug-likeness (QED) is 0.232. The number of nitrogens with zero attached hydrogens (tertiary/aromatic N) is 5. The summed E-state index contributed by atoms with van der Waals surface area (Å²) in [5, 5.41) is 12.5. The van der Waals surface area contributed by atoms with Crippen molar-refractivity contribution in [3.05, 3.63) is 93.0 Å². The number of fused-ring (bicyclic) bond motifs is 3. The Morgan fingerprint density at radius 1 is 0.850 bits per heavy atom. The molecular formula is C45H50F4N6O5. The predicted octanol–water partition coefficient (Wildman–Crippen LogP) is 5.65. The molecule has 0 aliphatic carbocycles. The van der Waals surface area contributed by atoms with E-state index in [2.05, 4.69) is 10.2 Å². The van der Waals surface area contributed by atoms with Crippen molar-refractivity contribution >= 4 is 29.3 Å². The van der Waals surface area contributed by atoms with Gasteiger partial charge in [-0.3, -0.25) is 29.4 Å². The van der Waals surface area contributed by atoms with E-state index in [0.29, 0.717) is 67.9 Å². The first-order valence-electron chi connectivity index (χ1n) is 21.1. The second-order valence-electron chi connectivity index (χ2n) is 17.8. The maximum absolute atomic E-state index is 16.2. The van der Waals surface area contributed by atoms with Crippen molar-refractivity contribution in [2.45, 2.75) is 109 Å². The number of carbonyl (C=O) groups excluding carboxylic acids is 4. The van der Waals surface area contributed by atoms with Crippen LogP contribution >= 0.6 is 0 Å². The molecule has 6 aliphatic heterocycles. The number of alkyl halides is 2. The van der Waals surface area contributed by atoms with Crippen LogP contribution in [0.25, 0.3) is 0 Å². The van der Waals surface area contributed by atoms with E-state index >= 15 is 8.78 Å². The van der Waals surface area contributed by atoms with Gasteiger partial charge in [-0.05, 0) is 117 Å². The van der Waals surface area contributed by atoms with E-state index in [0.717, 1.165) is 62.4 Å². The smallest absolute Gasteiger partial charge is 0.257 e. The van der Waals surface area contributed by atoms with Crippen molar-refractivity contribution in [3.8, 4) is 5.75 Å². The minimum atomic E-state index is -3.10. The Kier molecular flexibility index (Phi) is 10.4. The molecule has 6 aliphatic rings. The molecule has 11 nitrogen and oxygen atoms in total. The van der Waals surface area contributed by atoms with Crippen LogP contribution in [0.2, 0.25) is 0 Å². The van der Waals surface area contributed by atoms with E-state index in [9.17, 15) is 33.1 Å². The monoisotopic (exact) mass is 830 g/mol. The number of halogens is 4. The average molecular weight is 831 g/mol. The van der Waals surface area contributed by atoms with Gasteiger partial charge < -0.3 is 24.7 Å². The highest BCUT2D eigenvalue weighted by atomic mass is 19.3. The summed E-state index contributed by atoms with van der Waals surface area (Å²) in [7, 11) is 0. The second-order valence-corrected chi connectivity index (χ2v) is 17.8.